The number of hydrogen-bond acceptors (Lipinski definition) is 3. The van der Waals surface area contributed by atoms with Crippen molar-refractivity contribution in [2.24, 2.45) is 0 Å². The minimum absolute atomic E-state index is 0.152. The molecular weight excluding hydrogens is 145 g/mol. The smallest absolute Gasteiger partial charge is 0.306 e. The Kier molecular flexibility index (Phi) is 3.07. The van der Waals surface area contributed by atoms with Gasteiger partial charge in [0, 0.05) is 6.54 Å². The molecule has 0 aromatic carbocycles. The molecule has 0 aromatic rings. The standard InChI is InChI=1S/C4H10FNO2S/c1-4(3-6-2)9(5,7)8/h4,6H,3H2,1-2H3. The zero-order valence-corrected chi connectivity index (χ0v) is 6.20. The van der Waals surface area contributed by atoms with Crippen molar-refractivity contribution in [2.45, 2.75) is 12.2 Å². The van der Waals surface area contributed by atoms with Gasteiger partial charge in [0.05, 0.1) is 0 Å². The highest BCUT2D eigenvalue weighted by Crippen LogP contribution is 1.99. The predicted octanol–water partition coefficient (Wildman–Crippen LogP) is -0.106. The molecule has 3 nitrogen and oxygen atoms in total. The van der Waals surface area contributed by atoms with Gasteiger partial charge >= 0.3 is 10.2 Å². The lowest BCUT2D eigenvalue weighted by Crippen LogP contribution is -2.26. The first-order chi connectivity index (χ1) is 3.98. The Bertz CT molecular complexity index is 165. The molecule has 56 valence electrons. The molecule has 0 rings (SSSR count). The van der Waals surface area contributed by atoms with Crippen LogP contribution in [0.3, 0.4) is 0 Å². The van der Waals surface area contributed by atoms with Gasteiger partial charge in [-0.25, -0.2) is 0 Å². The van der Waals surface area contributed by atoms with Crippen LogP contribution in [0, 0.1) is 0 Å². The van der Waals surface area contributed by atoms with E-state index in [1.165, 1.54) is 6.92 Å². The number of hydrogen-bond donors (Lipinski definition) is 1. The normalized spacial score (nSPS) is 15.4. The van der Waals surface area contributed by atoms with Crippen LogP contribution in [0.2, 0.25) is 0 Å². The first-order valence-corrected chi connectivity index (χ1v) is 4.01. The number of halogens is 1. The second-order valence-corrected chi connectivity index (χ2v) is 3.60. The minimum atomic E-state index is -4.33. The topological polar surface area (TPSA) is 46.2 Å². The Balaban J connectivity index is 3.90. The van der Waals surface area contributed by atoms with Crippen molar-refractivity contribution >= 4 is 10.2 Å². The summed E-state index contributed by atoms with van der Waals surface area (Å²) in [6.07, 6.45) is 0. The van der Waals surface area contributed by atoms with Crippen LogP contribution in [0.5, 0.6) is 0 Å². The highest BCUT2D eigenvalue weighted by atomic mass is 32.3. The summed E-state index contributed by atoms with van der Waals surface area (Å²) in [5, 5.41) is 1.61. The van der Waals surface area contributed by atoms with E-state index < -0.39 is 15.5 Å². The Morgan fingerprint density at radius 1 is 1.67 bits per heavy atom. The molecule has 1 N–H and O–H groups in total. The van der Waals surface area contributed by atoms with Gasteiger partial charge in [-0.1, -0.05) is 0 Å². The summed E-state index contributed by atoms with van der Waals surface area (Å²) in [6, 6.07) is 0. The van der Waals surface area contributed by atoms with Crippen LogP contribution in [0.1, 0.15) is 6.92 Å². The van der Waals surface area contributed by atoms with Crippen LogP contribution in [0.4, 0.5) is 3.89 Å². The quantitative estimate of drug-likeness (QED) is 0.578. The maximum Gasteiger partial charge on any atom is 0.306 e. The van der Waals surface area contributed by atoms with Crippen molar-refractivity contribution in [1.29, 1.82) is 0 Å². The van der Waals surface area contributed by atoms with Gasteiger partial charge in [-0.05, 0) is 14.0 Å². The number of rotatable bonds is 3. The number of nitrogens with one attached hydrogen (secondary N) is 1. The van der Waals surface area contributed by atoms with Crippen LogP contribution in [-0.2, 0) is 10.2 Å². The van der Waals surface area contributed by atoms with Crippen molar-refractivity contribution < 1.29 is 12.3 Å². The van der Waals surface area contributed by atoms with Crippen molar-refractivity contribution in [1.82, 2.24) is 5.32 Å². The van der Waals surface area contributed by atoms with E-state index in [4.69, 9.17) is 0 Å². The second-order valence-electron chi connectivity index (χ2n) is 1.84. The van der Waals surface area contributed by atoms with Crippen molar-refractivity contribution in [3.8, 4) is 0 Å². The molecule has 0 spiro atoms. The molecule has 0 fully saturated rings. The molecule has 5 heteroatoms. The fourth-order valence-corrected chi connectivity index (χ4v) is 0.753. The summed E-state index contributed by atoms with van der Waals surface area (Å²) < 4.78 is 31.9. The van der Waals surface area contributed by atoms with Gasteiger partial charge in [0.2, 0.25) is 0 Å². The third kappa shape index (κ3) is 3.42. The molecule has 9 heavy (non-hydrogen) atoms. The van der Waals surface area contributed by atoms with Crippen LogP contribution >= 0.6 is 0 Å². The lowest BCUT2D eigenvalue weighted by atomic mass is 10.5. The summed E-state index contributed by atoms with van der Waals surface area (Å²) in [6.45, 7) is 1.46. The first-order valence-electron chi connectivity index (χ1n) is 2.56. The van der Waals surface area contributed by atoms with E-state index in [2.05, 4.69) is 5.32 Å². The predicted molar refractivity (Wildman–Crippen MR) is 33.4 cm³/mol. The highest BCUT2D eigenvalue weighted by molar-refractivity contribution is 7.87. The van der Waals surface area contributed by atoms with E-state index >= 15 is 0 Å². The minimum Gasteiger partial charge on any atom is -0.318 e. The summed E-state index contributed by atoms with van der Waals surface area (Å²) in [4.78, 5) is 0. The van der Waals surface area contributed by atoms with E-state index in [-0.39, 0.29) is 6.54 Å². The fourth-order valence-electron chi connectivity index (χ4n) is 0.387. The fraction of sp³-hybridized carbons (Fsp3) is 1.00. The van der Waals surface area contributed by atoms with Gasteiger partial charge in [-0.3, -0.25) is 0 Å². The van der Waals surface area contributed by atoms with E-state index in [0.29, 0.717) is 0 Å². The molecular formula is C4H10FNO2S. The van der Waals surface area contributed by atoms with Crippen LogP contribution in [-0.4, -0.2) is 27.3 Å². The van der Waals surface area contributed by atoms with Crippen molar-refractivity contribution in [2.75, 3.05) is 13.6 Å². The average molecular weight is 155 g/mol. The van der Waals surface area contributed by atoms with Gasteiger partial charge in [-0.15, -0.1) is 3.89 Å². The first kappa shape index (κ1) is 8.84. The highest BCUT2D eigenvalue weighted by Gasteiger charge is 2.17. The summed E-state index contributed by atoms with van der Waals surface area (Å²) in [5.41, 5.74) is 0. The van der Waals surface area contributed by atoms with Gasteiger partial charge in [0.1, 0.15) is 5.25 Å². The lowest BCUT2D eigenvalue weighted by Gasteiger charge is -2.02. The zero-order chi connectivity index (χ0) is 7.49. The van der Waals surface area contributed by atoms with Crippen LogP contribution in [0.25, 0.3) is 0 Å². The molecule has 0 amide bonds. The zero-order valence-electron chi connectivity index (χ0n) is 5.39. The molecule has 0 aliphatic heterocycles. The Morgan fingerprint density at radius 3 is 2.22 bits per heavy atom. The van der Waals surface area contributed by atoms with E-state index in [9.17, 15) is 12.3 Å². The van der Waals surface area contributed by atoms with E-state index in [1.807, 2.05) is 0 Å². The van der Waals surface area contributed by atoms with Crippen molar-refractivity contribution in [3.05, 3.63) is 0 Å². The van der Waals surface area contributed by atoms with E-state index in [1.54, 1.807) is 7.05 Å². The van der Waals surface area contributed by atoms with E-state index in [0.717, 1.165) is 0 Å². The van der Waals surface area contributed by atoms with Gasteiger partial charge in [-0.2, -0.15) is 8.42 Å². The van der Waals surface area contributed by atoms with Crippen molar-refractivity contribution in [3.63, 3.8) is 0 Å². The summed E-state index contributed by atoms with van der Waals surface area (Å²) in [7, 11) is -2.76. The SMILES string of the molecule is CNCC(C)S(=O)(=O)F. The molecule has 0 bridgehead atoms. The average Bonchev–Trinajstić information content (AvgIpc) is 1.64. The lowest BCUT2D eigenvalue weighted by molar-refractivity contribution is 0.533. The maximum absolute atomic E-state index is 11.9. The second kappa shape index (κ2) is 3.12. The van der Waals surface area contributed by atoms with Crippen LogP contribution in [0.15, 0.2) is 0 Å². The summed E-state index contributed by atoms with van der Waals surface area (Å²) in [5.74, 6) is 0. The van der Waals surface area contributed by atoms with Gasteiger partial charge < -0.3 is 5.32 Å². The third-order valence-electron chi connectivity index (χ3n) is 0.972. The molecule has 0 aromatic heterocycles. The molecule has 0 heterocycles. The molecule has 0 aliphatic carbocycles. The molecule has 0 aliphatic rings. The van der Waals surface area contributed by atoms with Gasteiger partial charge in [0.25, 0.3) is 0 Å². The molecule has 1 atom stereocenters. The monoisotopic (exact) mass is 155 g/mol. The Hall–Kier alpha value is -0.160. The molecule has 0 radical (unpaired) electrons. The Labute approximate surface area is 54.5 Å². The molecule has 0 saturated heterocycles. The maximum atomic E-state index is 11.9. The summed E-state index contributed by atoms with van der Waals surface area (Å²) >= 11 is 0. The third-order valence-corrected chi connectivity index (χ3v) is 2.10. The molecule has 0 saturated carbocycles. The van der Waals surface area contributed by atoms with Gasteiger partial charge in [0.15, 0.2) is 0 Å². The Morgan fingerprint density at radius 2 is 2.11 bits per heavy atom. The van der Waals surface area contributed by atoms with Crippen LogP contribution < -0.4 is 5.32 Å². The largest absolute Gasteiger partial charge is 0.318 e. The molecule has 1 unspecified atom stereocenters.